The summed E-state index contributed by atoms with van der Waals surface area (Å²) in [6, 6.07) is 0. The zero-order chi connectivity index (χ0) is 8.58. The van der Waals surface area contributed by atoms with Crippen molar-refractivity contribution in [2.24, 2.45) is 0 Å². The maximum absolute atomic E-state index is 2.78. The maximum Gasteiger partial charge on any atom is 0.0162 e. The molecule has 0 bridgehead atoms. The molecule has 0 amide bonds. The van der Waals surface area contributed by atoms with Gasteiger partial charge in [-0.25, -0.2) is 0 Å². The molecule has 0 aromatic heterocycles. The van der Waals surface area contributed by atoms with Crippen LogP contribution >= 0.6 is 9.39 Å². The molecule has 0 aliphatic carbocycles. The van der Waals surface area contributed by atoms with Crippen LogP contribution in [0.5, 0.6) is 0 Å². The zero-order valence-corrected chi connectivity index (χ0v) is 9.18. The van der Waals surface area contributed by atoms with E-state index in [1.807, 2.05) is 0 Å². The van der Waals surface area contributed by atoms with Gasteiger partial charge in [0.1, 0.15) is 0 Å². The van der Waals surface area contributed by atoms with Crippen molar-refractivity contribution in [3.8, 4) is 0 Å². The molecule has 0 rings (SSSR count). The highest BCUT2D eigenvalue weighted by atomic mass is 31.0. The third-order valence-corrected chi connectivity index (χ3v) is 2.99. The summed E-state index contributed by atoms with van der Waals surface area (Å²) < 4.78 is 2.29. The average Bonchev–Trinajstić information content (AvgIpc) is 1.59. The second-order valence-electron chi connectivity index (χ2n) is 4.71. The Balaban J connectivity index is 4.23. The highest BCUT2D eigenvalue weighted by Crippen LogP contribution is 2.28. The van der Waals surface area contributed by atoms with Crippen molar-refractivity contribution < 1.29 is 0 Å². The van der Waals surface area contributed by atoms with Crippen LogP contribution < -0.4 is 0 Å². The molecular formula is C8H20NP. The summed E-state index contributed by atoms with van der Waals surface area (Å²) in [6.45, 7) is 13.3. The van der Waals surface area contributed by atoms with Crippen LogP contribution in [0.15, 0.2) is 0 Å². The van der Waals surface area contributed by atoms with Gasteiger partial charge in [-0.3, -0.25) is 4.67 Å². The van der Waals surface area contributed by atoms with Gasteiger partial charge in [-0.05, 0) is 41.5 Å². The molecule has 1 atom stereocenters. The van der Waals surface area contributed by atoms with Crippen LogP contribution in [0.3, 0.4) is 0 Å². The predicted molar refractivity (Wildman–Crippen MR) is 51.1 cm³/mol. The van der Waals surface area contributed by atoms with Crippen LogP contribution in [0.4, 0.5) is 0 Å². The molecule has 0 fully saturated rings. The van der Waals surface area contributed by atoms with Gasteiger partial charge in [0.15, 0.2) is 0 Å². The number of nitrogens with zero attached hydrogens (tertiary/aromatic N) is 1. The summed E-state index contributed by atoms with van der Waals surface area (Å²) in [4.78, 5) is 0. The van der Waals surface area contributed by atoms with Gasteiger partial charge in [-0.1, -0.05) is 9.39 Å². The van der Waals surface area contributed by atoms with Crippen LogP contribution in [-0.2, 0) is 0 Å². The molecule has 0 radical (unpaired) electrons. The normalized spacial score (nSPS) is 14.4. The van der Waals surface area contributed by atoms with Gasteiger partial charge in [0, 0.05) is 11.1 Å². The SMILES string of the molecule is CC(C)(C)N(P)C(C)(C)C. The van der Waals surface area contributed by atoms with Gasteiger partial charge < -0.3 is 0 Å². The van der Waals surface area contributed by atoms with Crippen molar-refractivity contribution in [2.45, 2.75) is 52.6 Å². The Labute approximate surface area is 67.4 Å². The molecule has 62 valence electrons. The zero-order valence-electron chi connectivity index (χ0n) is 8.02. The lowest BCUT2D eigenvalue weighted by molar-refractivity contribution is 0.155. The fraction of sp³-hybridized carbons (Fsp3) is 1.00. The summed E-state index contributed by atoms with van der Waals surface area (Å²) >= 11 is 0. The van der Waals surface area contributed by atoms with Crippen molar-refractivity contribution in [1.82, 2.24) is 4.67 Å². The second-order valence-corrected chi connectivity index (χ2v) is 5.23. The Hall–Kier alpha value is 0.390. The first-order valence-corrected chi connectivity index (χ1v) is 4.22. The predicted octanol–water partition coefficient (Wildman–Crippen LogP) is 2.68. The Morgan fingerprint density at radius 3 is 1.00 bits per heavy atom. The summed E-state index contributed by atoms with van der Waals surface area (Å²) in [5.74, 6) is 0. The van der Waals surface area contributed by atoms with Gasteiger partial charge in [0.05, 0.1) is 0 Å². The quantitative estimate of drug-likeness (QED) is 0.494. The minimum absolute atomic E-state index is 0.239. The van der Waals surface area contributed by atoms with E-state index in [2.05, 4.69) is 55.6 Å². The maximum atomic E-state index is 2.78. The van der Waals surface area contributed by atoms with E-state index in [0.29, 0.717) is 0 Å². The Kier molecular flexibility index (Phi) is 2.90. The van der Waals surface area contributed by atoms with Gasteiger partial charge in [-0.15, -0.1) is 0 Å². The van der Waals surface area contributed by atoms with Crippen LogP contribution in [0, 0.1) is 0 Å². The molecule has 0 spiro atoms. The lowest BCUT2D eigenvalue weighted by Gasteiger charge is -2.41. The smallest absolute Gasteiger partial charge is 0.0162 e. The fourth-order valence-electron chi connectivity index (χ4n) is 1.01. The van der Waals surface area contributed by atoms with Crippen LogP contribution in [0.2, 0.25) is 0 Å². The Morgan fingerprint density at radius 1 is 0.800 bits per heavy atom. The van der Waals surface area contributed by atoms with Crippen molar-refractivity contribution in [3.05, 3.63) is 0 Å². The third-order valence-electron chi connectivity index (χ3n) is 1.45. The van der Waals surface area contributed by atoms with Gasteiger partial charge in [-0.2, -0.15) is 0 Å². The summed E-state index contributed by atoms with van der Waals surface area (Å²) in [6.07, 6.45) is 0. The van der Waals surface area contributed by atoms with Crippen molar-refractivity contribution in [2.75, 3.05) is 0 Å². The van der Waals surface area contributed by atoms with E-state index in [-0.39, 0.29) is 11.1 Å². The minimum Gasteiger partial charge on any atom is -0.277 e. The standard InChI is InChI=1S/C8H20NP/c1-7(2,3)9(10)8(4,5)6/h10H2,1-6H3. The Morgan fingerprint density at radius 2 is 1.00 bits per heavy atom. The third kappa shape index (κ3) is 2.98. The molecule has 2 heteroatoms. The van der Waals surface area contributed by atoms with E-state index in [0.717, 1.165) is 0 Å². The molecule has 0 aromatic carbocycles. The first-order chi connectivity index (χ1) is 4.15. The van der Waals surface area contributed by atoms with E-state index in [1.54, 1.807) is 0 Å². The van der Waals surface area contributed by atoms with E-state index < -0.39 is 0 Å². The van der Waals surface area contributed by atoms with Crippen LogP contribution in [-0.4, -0.2) is 15.7 Å². The fourth-order valence-corrected chi connectivity index (χ4v) is 1.01. The Bertz CT molecular complexity index is 93.4. The first-order valence-electron chi connectivity index (χ1n) is 3.71. The minimum atomic E-state index is 0.239. The molecule has 0 aliphatic heterocycles. The van der Waals surface area contributed by atoms with E-state index >= 15 is 0 Å². The highest BCUT2D eigenvalue weighted by Gasteiger charge is 2.27. The molecule has 0 heterocycles. The lowest BCUT2D eigenvalue weighted by atomic mass is 10.0. The molecular weight excluding hydrogens is 141 g/mol. The van der Waals surface area contributed by atoms with E-state index in [1.165, 1.54) is 0 Å². The van der Waals surface area contributed by atoms with Crippen LogP contribution in [0.1, 0.15) is 41.5 Å². The molecule has 1 unspecified atom stereocenters. The van der Waals surface area contributed by atoms with E-state index in [9.17, 15) is 0 Å². The summed E-state index contributed by atoms with van der Waals surface area (Å²) in [5.41, 5.74) is 0.478. The molecule has 0 aromatic rings. The van der Waals surface area contributed by atoms with Crippen LogP contribution in [0.25, 0.3) is 0 Å². The average molecular weight is 161 g/mol. The van der Waals surface area contributed by atoms with Gasteiger partial charge >= 0.3 is 0 Å². The first kappa shape index (κ1) is 10.4. The largest absolute Gasteiger partial charge is 0.277 e. The second kappa shape index (κ2) is 2.79. The van der Waals surface area contributed by atoms with Crippen molar-refractivity contribution >= 4 is 9.39 Å². The summed E-state index contributed by atoms with van der Waals surface area (Å²) in [7, 11) is 2.78. The summed E-state index contributed by atoms with van der Waals surface area (Å²) in [5, 5.41) is 0. The van der Waals surface area contributed by atoms with Gasteiger partial charge in [0.2, 0.25) is 0 Å². The topological polar surface area (TPSA) is 3.24 Å². The van der Waals surface area contributed by atoms with Gasteiger partial charge in [0.25, 0.3) is 0 Å². The lowest BCUT2D eigenvalue weighted by Crippen LogP contribution is -2.45. The number of rotatable bonds is 0. The molecule has 0 saturated carbocycles. The van der Waals surface area contributed by atoms with Crippen molar-refractivity contribution in [1.29, 1.82) is 0 Å². The molecule has 0 N–H and O–H groups in total. The molecule has 0 aliphatic rings. The molecule has 10 heavy (non-hydrogen) atoms. The monoisotopic (exact) mass is 161 g/mol. The molecule has 0 saturated heterocycles. The number of hydrogen-bond acceptors (Lipinski definition) is 1. The van der Waals surface area contributed by atoms with Crippen molar-refractivity contribution in [3.63, 3.8) is 0 Å². The highest BCUT2D eigenvalue weighted by molar-refractivity contribution is 7.13. The molecule has 1 nitrogen and oxygen atoms in total. The number of hydrogen-bond donors (Lipinski definition) is 0. The van der Waals surface area contributed by atoms with E-state index in [4.69, 9.17) is 0 Å².